The van der Waals surface area contributed by atoms with Crippen LogP contribution < -0.4 is 5.32 Å². The van der Waals surface area contributed by atoms with Crippen LogP contribution in [0.5, 0.6) is 0 Å². The minimum absolute atomic E-state index is 0.00977. The van der Waals surface area contributed by atoms with E-state index in [0.717, 1.165) is 19.3 Å². The highest BCUT2D eigenvalue weighted by molar-refractivity contribution is 5.84. The van der Waals surface area contributed by atoms with Gasteiger partial charge < -0.3 is 10.1 Å². The lowest BCUT2D eigenvalue weighted by molar-refractivity contribution is -0.124. The summed E-state index contributed by atoms with van der Waals surface area (Å²) in [5.41, 5.74) is 0. The minimum atomic E-state index is -0.0438. The quantitative estimate of drug-likeness (QED) is 0.625. The zero-order valence-corrected chi connectivity index (χ0v) is 13.6. The predicted molar refractivity (Wildman–Crippen MR) is 82.7 cm³/mol. The average Bonchev–Trinajstić information content (AvgIpc) is 2.37. The molecule has 0 aromatic rings. The van der Waals surface area contributed by atoms with Crippen LogP contribution in [-0.2, 0) is 14.4 Å². The van der Waals surface area contributed by atoms with Gasteiger partial charge >= 0.3 is 0 Å². The Hall–Kier alpha value is -1.19. The summed E-state index contributed by atoms with van der Waals surface area (Å²) in [6.07, 6.45) is 8.32. The number of nitrogens with one attached hydrogen (secondary N) is 1. The van der Waals surface area contributed by atoms with Gasteiger partial charge in [-0.1, -0.05) is 39.5 Å². The van der Waals surface area contributed by atoms with Crippen LogP contribution in [-0.4, -0.2) is 24.0 Å². The van der Waals surface area contributed by atoms with E-state index in [1.165, 1.54) is 32.6 Å². The van der Waals surface area contributed by atoms with Gasteiger partial charge in [-0.2, -0.15) is 0 Å². The highest BCUT2D eigenvalue weighted by atomic mass is 16.2. The fourth-order valence-corrected chi connectivity index (χ4v) is 1.52. The fraction of sp³-hybridized carbons (Fsp3) is 0.812. The standard InChI is InChI=1S/C9H18O.C7H13NO2/c1-3-4-5-6-7-8-9(2)10;1-3-4-7(10)8-5-6(2)9/h3-8H2,1-2H3;3-5H2,1-2H3,(H,8,10). The van der Waals surface area contributed by atoms with Gasteiger partial charge in [-0.25, -0.2) is 0 Å². The molecule has 0 fully saturated rings. The molecule has 4 nitrogen and oxygen atoms in total. The fourth-order valence-electron chi connectivity index (χ4n) is 1.52. The number of ketones is 2. The number of unbranched alkanes of at least 4 members (excludes halogenated alkanes) is 4. The maximum atomic E-state index is 10.7. The molecule has 4 heteroatoms. The van der Waals surface area contributed by atoms with Crippen molar-refractivity contribution in [1.29, 1.82) is 0 Å². The Morgan fingerprint density at radius 3 is 1.80 bits per heavy atom. The van der Waals surface area contributed by atoms with Gasteiger partial charge in [0.2, 0.25) is 5.91 Å². The number of carbonyl (C=O) groups excluding carboxylic acids is 3. The first kappa shape index (κ1) is 21.1. The van der Waals surface area contributed by atoms with Crippen LogP contribution in [0.4, 0.5) is 0 Å². The van der Waals surface area contributed by atoms with Crippen LogP contribution in [0.1, 0.15) is 79.1 Å². The van der Waals surface area contributed by atoms with Crippen LogP contribution in [0.2, 0.25) is 0 Å². The summed E-state index contributed by atoms with van der Waals surface area (Å²) in [4.78, 5) is 31.5. The second-order valence-corrected chi connectivity index (χ2v) is 5.09. The summed E-state index contributed by atoms with van der Waals surface area (Å²) in [5, 5.41) is 2.49. The van der Waals surface area contributed by atoms with E-state index in [9.17, 15) is 14.4 Å². The number of rotatable bonds is 10. The van der Waals surface area contributed by atoms with Gasteiger partial charge in [0.1, 0.15) is 11.6 Å². The van der Waals surface area contributed by atoms with Crippen molar-refractivity contribution < 1.29 is 14.4 Å². The average molecular weight is 285 g/mol. The van der Waals surface area contributed by atoms with E-state index in [1.807, 2.05) is 6.92 Å². The van der Waals surface area contributed by atoms with E-state index >= 15 is 0 Å². The monoisotopic (exact) mass is 285 g/mol. The van der Waals surface area contributed by atoms with Crippen molar-refractivity contribution in [2.45, 2.75) is 79.1 Å². The lowest BCUT2D eigenvalue weighted by atomic mass is 10.1. The summed E-state index contributed by atoms with van der Waals surface area (Å²) >= 11 is 0. The molecule has 20 heavy (non-hydrogen) atoms. The van der Waals surface area contributed by atoms with Crippen molar-refractivity contribution in [2.75, 3.05) is 6.54 Å². The highest BCUT2D eigenvalue weighted by Crippen LogP contribution is 2.04. The van der Waals surface area contributed by atoms with Gasteiger partial charge in [0.15, 0.2) is 0 Å². The van der Waals surface area contributed by atoms with E-state index in [1.54, 1.807) is 6.92 Å². The molecule has 0 aromatic carbocycles. The molecule has 0 unspecified atom stereocenters. The number of Topliss-reactive ketones (excluding diaryl/α,β-unsaturated/α-hetero) is 2. The first-order chi connectivity index (χ1) is 9.43. The molecular formula is C16H31NO3. The van der Waals surface area contributed by atoms with Crippen molar-refractivity contribution >= 4 is 17.5 Å². The summed E-state index contributed by atoms with van der Waals surface area (Å²) in [5.74, 6) is 0.277. The Morgan fingerprint density at radius 1 is 0.750 bits per heavy atom. The van der Waals surface area contributed by atoms with Crippen LogP contribution >= 0.6 is 0 Å². The SMILES string of the molecule is CCCC(=O)NCC(C)=O.CCCCCCCC(C)=O. The topological polar surface area (TPSA) is 63.2 Å². The lowest BCUT2D eigenvalue weighted by Crippen LogP contribution is -2.27. The molecule has 1 N–H and O–H groups in total. The van der Waals surface area contributed by atoms with Crippen molar-refractivity contribution in [3.05, 3.63) is 0 Å². The molecule has 0 rings (SSSR count). The van der Waals surface area contributed by atoms with Crippen LogP contribution in [0.3, 0.4) is 0 Å². The number of hydrogen-bond acceptors (Lipinski definition) is 3. The summed E-state index contributed by atoms with van der Waals surface area (Å²) in [6.45, 7) is 7.41. The van der Waals surface area contributed by atoms with Crippen molar-refractivity contribution in [3.63, 3.8) is 0 Å². The van der Waals surface area contributed by atoms with Crippen LogP contribution in [0.15, 0.2) is 0 Å². The van der Waals surface area contributed by atoms with Crippen molar-refractivity contribution in [3.8, 4) is 0 Å². The van der Waals surface area contributed by atoms with Gasteiger partial charge in [-0.05, 0) is 26.7 Å². The van der Waals surface area contributed by atoms with Gasteiger partial charge in [0, 0.05) is 12.8 Å². The first-order valence-corrected chi connectivity index (χ1v) is 7.69. The van der Waals surface area contributed by atoms with Gasteiger partial charge in [0.25, 0.3) is 0 Å². The van der Waals surface area contributed by atoms with Crippen LogP contribution in [0, 0.1) is 0 Å². The maximum absolute atomic E-state index is 10.7. The zero-order valence-electron chi connectivity index (χ0n) is 13.6. The molecule has 0 bridgehead atoms. The molecule has 118 valence electrons. The smallest absolute Gasteiger partial charge is 0.220 e. The lowest BCUT2D eigenvalue weighted by Gasteiger charge is -1.98. The Kier molecular flexibility index (Phi) is 16.8. The number of amides is 1. The Bertz CT molecular complexity index is 275. The molecule has 0 spiro atoms. The van der Waals surface area contributed by atoms with E-state index in [2.05, 4.69) is 12.2 Å². The van der Waals surface area contributed by atoms with E-state index in [4.69, 9.17) is 0 Å². The molecule has 0 saturated carbocycles. The molecule has 0 aliphatic rings. The third-order valence-electron chi connectivity index (χ3n) is 2.64. The third-order valence-corrected chi connectivity index (χ3v) is 2.64. The molecule has 0 aliphatic carbocycles. The second kappa shape index (κ2) is 15.9. The number of hydrogen-bond donors (Lipinski definition) is 1. The largest absolute Gasteiger partial charge is 0.349 e. The molecule has 0 radical (unpaired) electrons. The maximum Gasteiger partial charge on any atom is 0.220 e. The van der Waals surface area contributed by atoms with Gasteiger partial charge in [-0.3, -0.25) is 9.59 Å². The molecule has 0 aromatic heterocycles. The van der Waals surface area contributed by atoms with E-state index in [0.29, 0.717) is 12.2 Å². The van der Waals surface area contributed by atoms with Crippen LogP contribution in [0.25, 0.3) is 0 Å². The molecule has 0 aliphatic heterocycles. The molecule has 0 saturated heterocycles. The molecular weight excluding hydrogens is 254 g/mol. The molecule has 1 amide bonds. The third kappa shape index (κ3) is 22.0. The van der Waals surface area contributed by atoms with Gasteiger partial charge in [0.05, 0.1) is 6.54 Å². The molecule has 0 heterocycles. The normalized spacial score (nSPS) is 9.40. The minimum Gasteiger partial charge on any atom is -0.349 e. The zero-order chi connectivity index (χ0) is 15.8. The first-order valence-electron chi connectivity index (χ1n) is 7.69. The van der Waals surface area contributed by atoms with Crippen molar-refractivity contribution in [1.82, 2.24) is 5.32 Å². The summed E-state index contributed by atoms with van der Waals surface area (Å²) in [7, 11) is 0. The van der Waals surface area contributed by atoms with E-state index < -0.39 is 0 Å². The molecule has 0 atom stereocenters. The highest BCUT2D eigenvalue weighted by Gasteiger charge is 1.98. The van der Waals surface area contributed by atoms with Gasteiger partial charge in [-0.15, -0.1) is 0 Å². The summed E-state index contributed by atoms with van der Waals surface area (Å²) in [6, 6.07) is 0. The Labute approximate surface area is 123 Å². The van der Waals surface area contributed by atoms with Crippen molar-refractivity contribution in [2.24, 2.45) is 0 Å². The Balaban J connectivity index is 0. The Morgan fingerprint density at radius 2 is 1.35 bits per heavy atom. The summed E-state index contributed by atoms with van der Waals surface area (Å²) < 4.78 is 0. The van der Waals surface area contributed by atoms with E-state index in [-0.39, 0.29) is 18.2 Å². The predicted octanol–water partition coefficient (Wildman–Crippen LogP) is 3.43. The second-order valence-electron chi connectivity index (χ2n) is 5.09. The number of carbonyl (C=O) groups is 3.